The van der Waals surface area contributed by atoms with Crippen LogP contribution in [0.5, 0.6) is 28.7 Å². The summed E-state index contributed by atoms with van der Waals surface area (Å²) in [5.74, 6) is -0.333. The molecule has 0 aromatic heterocycles. The van der Waals surface area contributed by atoms with E-state index >= 15 is 0 Å². The number of hydrogen-bond donors (Lipinski definition) is 2. The van der Waals surface area contributed by atoms with Gasteiger partial charge in [-0.3, -0.25) is 4.79 Å². The number of rotatable bonds is 9. The molecule has 0 aliphatic heterocycles. The number of ether oxygens (including phenoxy) is 5. The van der Waals surface area contributed by atoms with Crippen LogP contribution in [0.1, 0.15) is 63.6 Å². The van der Waals surface area contributed by atoms with Crippen LogP contribution in [0.2, 0.25) is 0 Å². The number of β-amino-alcohol motifs (C(OH)–C–C–N with tert-alkyl or cyclic N) is 1. The van der Waals surface area contributed by atoms with Gasteiger partial charge in [0.05, 0.1) is 38.4 Å². The summed E-state index contributed by atoms with van der Waals surface area (Å²) in [7, 11) is 4.33. The number of nitrogens with one attached hydrogen (secondary N) is 1. The van der Waals surface area contributed by atoms with E-state index in [-0.39, 0.29) is 53.1 Å². The van der Waals surface area contributed by atoms with Crippen molar-refractivity contribution in [1.82, 2.24) is 5.32 Å². The predicted octanol–water partition coefficient (Wildman–Crippen LogP) is 4.73. The topological polar surface area (TPSA) is 113 Å². The van der Waals surface area contributed by atoms with Gasteiger partial charge >= 0.3 is 11.9 Å². The minimum Gasteiger partial charge on any atom is -0.493 e. The molecule has 10 heteroatoms. The van der Waals surface area contributed by atoms with Gasteiger partial charge in [-0.05, 0) is 71.4 Å². The van der Waals surface area contributed by atoms with Gasteiger partial charge in [-0.2, -0.15) is 0 Å². The van der Waals surface area contributed by atoms with E-state index in [2.05, 4.69) is 5.32 Å². The van der Waals surface area contributed by atoms with Gasteiger partial charge in [-0.25, -0.2) is 4.79 Å². The summed E-state index contributed by atoms with van der Waals surface area (Å²) in [4.78, 5) is 25.7. The minimum atomic E-state index is -0.893. The van der Waals surface area contributed by atoms with Crippen LogP contribution in [-0.4, -0.2) is 50.5 Å². The van der Waals surface area contributed by atoms with Gasteiger partial charge in [0.1, 0.15) is 0 Å². The molecular weight excluding hydrogens is 502 g/mol. The smallest absolute Gasteiger partial charge is 0.343 e. The summed E-state index contributed by atoms with van der Waals surface area (Å²) in [6.07, 6.45) is -0.893. The maximum Gasteiger partial charge on any atom is 0.343 e. The van der Waals surface area contributed by atoms with E-state index in [1.165, 1.54) is 45.6 Å². The largest absolute Gasteiger partial charge is 0.493 e. The Morgan fingerprint density at radius 3 is 1.86 bits per heavy atom. The number of aliphatic hydroxyl groups excluding tert-OH is 1. The third-order valence-electron chi connectivity index (χ3n) is 5.10. The quantitative estimate of drug-likeness (QED) is 0.345. The van der Waals surface area contributed by atoms with Gasteiger partial charge in [0.2, 0.25) is 5.75 Å². The van der Waals surface area contributed by atoms with Gasteiger partial charge < -0.3 is 34.1 Å². The molecule has 0 fully saturated rings. The van der Waals surface area contributed by atoms with Crippen molar-refractivity contribution in [2.24, 2.45) is 5.41 Å². The highest BCUT2D eigenvalue weighted by atomic mass is 35.5. The van der Waals surface area contributed by atoms with Gasteiger partial charge in [0, 0.05) is 12.1 Å². The third kappa shape index (κ3) is 8.80. The number of methoxy groups -OCH3 is 3. The fourth-order valence-corrected chi connectivity index (χ4v) is 3.03. The molecule has 2 N–H and O–H groups in total. The molecule has 2 aromatic rings. The summed E-state index contributed by atoms with van der Waals surface area (Å²) in [5.41, 5.74) is -0.384. The monoisotopic (exact) mass is 539 g/mol. The molecule has 0 bridgehead atoms. The highest BCUT2D eigenvalue weighted by molar-refractivity contribution is 5.93. The first-order chi connectivity index (χ1) is 16.7. The lowest BCUT2D eigenvalue weighted by molar-refractivity contribution is -0.143. The first-order valence-electron chi connectivity index (χ1n) is 11.5. The normalized spacial score (nSPS) is 12.2. The van der Waals surface area contributed by atoms with Gasteiger partial charge in [-0.1, -0.05) is 6.07 Å². The van der Waals surface area contributed by atoms with Crippen LogP contribution in [0, 0.1) is 5.41 Å². The van der Waals surface area contributed by atoms with Crippen LogP contribution < -0.4 is 29.0 Å². The van der Waals surface area contributed by atoms with Gasteiger partial charge in [-0.15, -0.1) is 12.4 Å². The molecule has 0 saturated heterocycles. The van der Waals surface area contributed by atoms with Crippen molar-refractivity contribution in [2.75, 3.05) is 27.9 Å². The van der Waals surface area contributed by atoms with E-state index in [4.69, 9.17) is 23.7 Å². The molecule has 37 heavy (non-hydrogen) atoms. The number of carbonyl (C=O) groups excluding carboxylic acids is 2. The molecule has 0 aliphatic rings. The second-order valence-corrected chi connectivity index (χ2v) is 10.3. The van der Waals surface area contributed by atoms with Crippen molar-refractivity contribution in [1.29, 1.82) is 0 Å². The van der Waals surface area contributed by atoms with E-state index in [1.54, 1.807) is 26.8 Å². The Morgan fingerprint density at radius 2 is 1.41 bits per heavy atom. The molecule has 1 atom stereocenters. The summed E-state index contributed by atoms with van der Waals surface area (Å²) >= 11 is 0. The van der Waals surface area contributed by atoms with E-state index < -0.39 is 23.5 Å². The number of halogens is 1. The number of hydrogen-bond acceptors (Lipinski definition) is 9. The van der Waals surface area contributed by atoms with Gasteiger partial charge in [0.15, 0.2) is 23.0 Å². The zero-order valence-corrected chi connectivity index (χ0v) is 23.7. The number of aliphatic hydroxyl groups is 1. The van der Waals surface area contributed by atoms with E-state index in [9.17, 15) is 14.7 Å². The van der Waals surface area contributed by atoms with Crippen LogP contribution in [0.25, 0.3) is 0 Å². The predicted molar refractivity (Wildman–Crippen MR) is 143 cm³/mol. The summed E-state index contributed by atoms with van der Waals surface area (Å²) < 4.78 is 27.1. The van der Waals surface area contributed by atoms with Crippen LogP contribution >= 0.6 is 12.4 Å². The van der Waals surface area contributed by atoms with E-state index in [1.807, 2.05) is 20.8 Å². The summed E-state index contributed by atoms with van der Waals surface area (Å²) in [6.45, 7) is 11.4. The zero-order valence-electron chi connectivity index (χ0n) is 22.9. The van der Waals surface area contributed by atoms with Crippen molar-refractivity contribution >= 4 is 24.3 Å². The Hall–Kier alpha value is -3.01. The molecule has 1 unspecified atom stereocenters. The minimum absolute atomic E-state index is 0. The molecule has 0 saturated carbocycles. The molecule has 0 heterocycles. The average molecular weight is 540 g/mol. The lowest BCUT2D eigenvalue weighted by Gasteiger charge is -2.23. The molecule has 2 rings (SSSR count). The SMILES string of the molecule is COc1cc(C(=O)Oc2cc(C(O)CNC(C)(C)C)ccc2OC(=O)C(C)(C)C)cc(OC)c1OC.Cl. The van der Waals surface area contributed by atoms with Crippen molar-refractivity contribution in [2.45, 2.75) is 53.2 Å². The Kier molecular flexibility index (Phi) is 11.2. The van der Waals surface area contributed by atoms with E-state index in [0.717, 1.165) is 0 Å². The maximum absolute atomic E-state index is 13.1. The Bertz CT molecular complexity index is 1060. The first kappa shape index (κ1) is 32.0. The molecule has 206 valence electrons. The Morgan fingerprint density at radius 1 is 0.838 bits per heavy atom. The second kappa shape index (κ2) is 13.0. The summed E-state index contributed by atoms with van der Waals surface area (Å²) in [5, 5.41) is 13.9. The summed E-state index contributed by atoms with van der Waals surface area (Å²) in [6, 6.07) is 7.51. The second-order valence-electron chi connectivity index (χ2n) is 10.3. The van der Waals surface area contributed by atoms with Crippen molar-refractivity contribution in [3.05, 3.63) is 41.5 Å². The first-order valence-corrected chi connectivity index (χ1v) is 11.5. The number of benzene rings is 2. The highest BCUT2D eigenvalue weighted by Gasteiger charge is 2.27. The molecular formula is C27H38ClNO8. The van der Waals surface area contributed by atoms with E-state index in [0.29, 0.717) is 11.3 Å². The molecule has 0 aliphatic carbocycles. The van der Waals surface area contributed by atoms with Crippen molar-refractivity contribution in [3.8, 4) is 28.7 Å². The van der Waals surface area contributed by atoms with Crippen molar-refractivity contribution in [3.63, 3.8) is 0 Å². The molecule has 0 radical (unpaired) electrons. The standard InChI is InChI=1S/C27H37NO8.ClH/c1-26(2,3)25(31)36-19-11-10-16(18(29)15-28-27(4,5)6)12-20(19)35-24(30)17-13-21(32-7)23(34-9)22(14-17)33-8;/h10-14,18,28-29H,15H2,1-9H3;1H. The lowest BCUT2D eigenvalue weighted by Crippen LogP contribution is -2.38. The van der Waals surface area contributed by atoms with Crippen LogP contribution in [-0.2, 0) is 4.79 Å². The zero-order chi connectivity index (χ0) is 27.3. The molecule has 9 nitrogen and oxygen atoms in total. The molecule has 2 aromatic carbocycles. The number of esters is 2. The van der Waals surface area contributed by atoms with Crippen molar-refractivity contribution < 1.29 is 38.4 Å². The fourth-order valence-electron chi connectivity index (χ4n) is 3.03. The van der Waals surface area contributed by atoms with Crippen LogP contribution in [0.15, 0.2) is 30.3 Å². The maximum atomic E-state index is 13.1. The molecule has 0 amide bonds. The van der Waals surface area contributed by atoms with Gasteiger partial charge in [0.25, 0.3) is 0 Å². The van der Waals surface area contributed by atoms with Crippen LogP contribution in [0.4, 0.5) is 0 Å². The number of carbonyl (C=O) groups is 2. The molecule has 0 spiro atoms. The Labute approximate surface area is 224 Å². The third-order valence-corrected chi connectivity index (χ3v) is 5.10. The average Bonchev–Trinajstić information content (AvgIpc) is 2.81. The van der Waals surface area contributed by atoms with Crippen LogP contribution in [0.3, 0.4) is 0 Å². The highest BCUT2D eigenvalue weighted by Crippen LogP contribution is 2.39. The Balaban J connectivity index is 0.00000684. The fraction of sp³-hybridized carbons (Fsp3) is 0.481. The lowest BCUT2D eigenvalue weighted by atomic mass is 9.97.